The summed E-state index contributed by atoms with van der Waals surface area (Å²) in [6, 6.07) is 15.3. The molecule has 128 valence electrons. The third-order valence-electron chi connectivity index (χ3n) is 3.61. The fraction of sp³-hybridized carbons (Fsp3) is 0.278. The predicted molar refractivity (Wildman–Crippen MR) is 95.5 cm³/mol. The van der Waals surface area contributed by atoms with Gasteiger partial charge in [0.15, 0.2) is 9.84 Å². The first-order chi connectivity index (χ1) is 11.4. The van der Waals surface area contributed by atoms with Crippen molar-refractivity contribution < 1.29 is 13.2 Å². The molecule has 2 N–H and O–H groups in total. The molecule has 2 rings (SSSR count). The molecule has 2 aromatic carbocycles. The maximum absolute atomic E-state index is 12.4. The topological polar surface area (TPSA) is 75.3 Å². The third-order valence-corrected chi connectivity index (χ3v) is 5.32. The maximum atomic E-state index is 12.4. The lowest BCUT2D eigenvalue weighted by molar-refractivity contribution is -0.119. The summed E-state index contributed by atoms with van der Waals surface area (Å²) in [6.07, 6.45) is 0. The van der Waals surface area contributed by atoms with E-state index in [0.717, 1.165) is 0 Å². The van der Waals surface area contributed by atoms with Crippen molar-refractivity contribution in [1.82, 2.24) is 5.32 Å². The van der Waals surface area contributed by atoms with Crippen LogP contribution in [-0.4, -0.2) is 27.9 Å². The monoisotopic (exact) mass is 346 g/mol. The second kappa shape index (κ2) is 8.08. The Morgan fingerprint density at radius 2 is 1.79 bits per heavy atom. The van der Waals surface area contributed by atoms with Crippen molar-refractivity contribution in [2.45, 2.75) is 17.6 Å². The largest absolute Gasteiger partial charge is 0.326 e. The van der Waals surface area contributed by atoms with Gasteiger partial charge < -0.3 is 10.6 Å². The van der Waals surface area contributed by atoms with E-state index in [1.54, 1.807) is 61.6 Å². The minimum atomic E-state index is -3.41. The number of sulfone groups is 1. The molecule has 0 radical (unpaired) electrons. The minimum absolute atomic E-state index is 0.104. The molecular weight excluding hydrogens is 324 g/mol. The highest BCUT2D eigenvalue weighted by molar-refractivity contribution is 7.90. The number of nitrogens with one attached hydrogen (secondary N) is 2. The van der Waals surface area contributed by atoms with E-state index in [1.807, 2.05) is 6.92 Å². The standard InChI is InChI=1S/C18H22N2O3S/c1-14(12-19-2)18(21)20-16-8-6-7-15(11-16)13-24(22,23)17-9-4-3-5-10-17/h3-11,14,19H,12-13H2,1-2H3,(H,20,21). The molecule has 5 nitrogen and oxygen atoms in total. The van der Waals surface area contributed by atoms with Gasteiger partial charge in [0.25, 0.3) is 0 Å². The molecule has 1 unspecified atom stereocenters. The molecule has 24 heavy (non-hydrogen) atoms. The number of amides is 1. The van der Waals surface area contributed by atoms with Gasteiger partial charge in [0, 0.05) is 18.2 Å². The van der Waals surface area contributed by atoms with Crippen molar-refractivity contribution in [3.63, 3.8) is 0 Å². The number of hydrogen-bond acceptors (Lipinski definition) is 4. The Hall–Kier alpha value is -2.18. The van der Waals surface area contributed by atoms with E-state index < -0.39 is 9.84 Å². The number of anilines is 1. The summed E-state index contributed by atoms with van der Waals surface area (Å²) < 4.78 is 24.9. The van der Waals surface area contributed by atoms with Gasteiger partial charge in [0.1, 0.15) is 0 Å². The van der Waals surface area contributed by atoms with Crippen LogP contribution >= 0.6 is 0 Å². The second-order valence-electron chi connectivity index (χ2n) is 5.72. The molecular formula is C18H22N2O3S. The Balaban J connectivity index is 2.12. The molecule has 0 aliphatic carbocycles. The smallest absolute Gasteiger partial charge is 0.228 e. The highest BCUT2D eigenvalue weighted by atomic mass is 32.2. The highest BCUT2D eigenvalue weighted by Gasteiger charge is 2.16. The van der Waals surface area contributed by atoms with E-state index >= 15 is 0 Å². The average Bonchev–Trinajstić information content (AvgIpc) is 2.56. The summed E-state index contributed by atoms with van der Waals surface area (Å²) in [6.45, 7) is 2.41. The lowest BCUT2D eigenvalue weighted by Crippen LogP contribution is -2.28. The van der Waals surface area contributed by atoms with Crippen LogP contribution in [0.15, 0.2) is 59.5 Å². The number of hydrogen-bond donors (Lipinski definition) is 2. The maximum Gasteiger partial charge on any atom is 0.228 e. The van der Waals surface area contributed by atoms with Crippen molar-refractivity contribution in [2.24, 2.45) is 5.92 Å². The van der Waals surface area contributed by atoms with E-state index in [4.69, 9.17) is 0 Å². The molecule has 0 saturated heterocycles. The molecule has 0 aromatic heterocycles. The number of carbonyl (C=O) groups is 1. The Morgan fingerprint density at radius 3 is 2.46 bits per heavy atom. The van der Waals surface area contributed by atoms with Crippen LogP contribution in [0.1, 0.15) is 12.5 Å². The average molecular weight is 346 g/mol. The molecule has 0 saturated carbocycles. The fourth-order valence-electron chi connectivity index (χ4n) is 2.33. The summed E-state index contributed by atoms with van der Waals surface area (Å²) in [4.78, 5) is 12.3. The normalized spacial score (nSPS) is 12.6. The summed E-state index contributed by atoms with van der Waals surface area (Å²) in [5, 5.41) is 5.77. The Kier molecular flexibility index (Phi) is 6.11. The SMILES string of the molecule is CNCC(C)C(=O)Nc1cccc(CS(=O)(=O)c2ccccc2)c1. The zero-order chi connectivity index (χ0) is 17.6. The predicted octanol–water partition coefficient (Wildman–Crippen LogP) is 2.45. The van der Waals surface area contributed by atoms with Gasteiger partial charge >= 0.3 is 0 Å². The van der Waals surface area contributed by atoms with E-state index in [0.29, 0.717) is 22.7 Å². The van der Waals surface area contributed by atoms with Crippen LogP contribution in [0.4, 0.5) is 5.69 Å². The zero-order valence-corrected chi connectivity index (χ0v) is 14.6. The lowest BCUT2D eigenvalue weighted by atomic mass is 10.1. The van der Waals surface area contributed by atoms with Gasteiger partial charge in [0.2, 0.25) is 5.91 Å². The molecule has 1 amide bonds. The first-order valence-electron chi connectivity index (χ1n) is 7.74. The fourth-order valence-corrected chi connectivity index (χ4v) is 3.69. The van der Waals surface area contributed by atoms with Gasteiger partial charge in [0.05, 0.1) is 10.6 Å². The molecule has 0 heterocycles. The minimum Gasteiger partial charge on any atom is -0.326 e. The molecule has 0 fully saturated rings. The molecule has 0 aliphatic rings. The van der Waals surface area contributed by atoms with Crippen LogP contribution in [0.5, 0.6) is 0 Å². The van der Waals surface area contributed by atoms with Crippen LogP contribution in [0.2, 0.25) is 0 Å². The molecule has 6 heteroatoms. The van der Waals surface area contributed by atoms with Gasteiger partial charge in [-0.1, -0.05) is 37.3 Å². The number of benzene rings is 2. The lowest BCUT2D eigenvalue weighted by Gasteiger charge is -2.12. The van der Waals surface area contributed by atoms with Crippen molar-refractivity contribution in [3.8, 4) is 0 Å². The number of carbonyl (C=O) groups excluding carboxylic acids is 1. The molecule has 0 spiro atoms. The third kappa shape index (κ3) is 4.91. The van der Waals surface area contributed by atoms with Crippen molar-refractivity contribution in [1.29, 1.82) is 0 Å². The zero-order valence-electron chi connectivity index (χ0n) is 13.8. The Morgan fingerprint density at radius 1 is 1.08 bits per heavy atom. The van der Waals surface area contributed by atoms with Crippen molar-refractivity contribution >= 4 is 21.4 Å². The van der Waals surface area contributed by atoms with Crippen molar-refractivity contribution in [2.75, 3.05) is 18.9 Å². The highest BCUT2D eigenvalue weighted by Crippen LogP contribution is 2.19. The van der Waals surface area contributed by atoms with E-state index in [-0.39, 0.29) is 17.6 Å². The number of rotatable bonds is 7. The van der Waals surface area contributed by atoms with Crippen LogP contribution in [0, 0.1) is 5.92 Å². The van der Waals surface area contributed by atoms with E-state index in [1.165, 1.54) is 0 Å². The van der Waals surface area contributed by atoms with Crippen molar-refractivity contribution in [3.05, 3.63) is 60.2 Å². The Bertz CT molecular complexity index is 789. The summed E-state index contributed by atoms with van der Waals surface area (Å²) >= 11 is 0. The van der Waals surface area contributed by atoms with Gasteiger partial charge in [-0.2, -0.15) is 0 Å². The van der Waals surface area contributed by atoms with Gasteiger partial charge in [-0.15, -0.1) is 0 Å². The molecule has 0 bridgehead atoms. The van der Waals surface area contributed by atoms with Gasteiger partial charge in [-0.25, -0.2) is 8.42 Å². The van der Waals surface area contributed by atoms with Gasteiger partial charge in [-0.05, 0) is 36.9 Å². The van der Waals surface area contributed by atoms with Crippen LogP contribution < -0.4 is 10.6 Å². The van der Waals surface area contributed by atoms with E-state index in [9.17, 15) is 13.2 Å². The van der Waals surface area contributed by atoms with Gasteiger partial charge in [-0.3, -0.25) is 4.79 Å². The quantitative estimate of drug-likeness (QED) is 0.807. The summed E-state index contributed by atoms with van der Waals surface area (Å²) in [5.74, 6) is -0.383. The summed E-state index contributed by atoms with van der Waals surface area (Å²) in [5.41, 5.74) is 1.24. The molecule has 2 aromatic rings. The second-order valence-corrected chi connectivity index (χ2v) is 7.71. The summed E-state index contributed by atoms with van der Waals surface area (Å²) in [7, 11) is -1.62. The van der Waals surface area contributed by atoms with Crippen LogP contribution in [0.3, 0.4) is 0 Å². The van der Waals surface area contributed by atoms with Crippen LogP contribution in [0.25, 0.3) is 0 Å². The molecule has 0 aliphatic heterocycles. The van der Waals surface area contributed by atoms with Crippen LogP contribution in [-0.2, 0) is 20.4 Å². The first-order valence-corrected chi connectivity index (χ1v) is 9.40. The first kappa shape index (κ1) is 18.2. The molecule has 1 atom stereocenters. The Labute approximate surface area is 143 Å². The van der Waals surface area contributed by atoms with E-state index in [2.05, 4.69) is 10.6 Å².